The highest BCUT2D eigenvalue weighted by atomic mass is 16.2. The lowest BCUT2D eigenvalue weighted by Crippen LogP contribution is -2.51. The summed E-state index contributed by atoms with van der Waals surface area (Å²) in [6.45, 7) is 4.42. The van der Waals surface area contributed by atoms with Crippen molar-refractivity contribution in [2.45, 2.75) is 44.7 Å². The molecule has 3 N–H and O–H groups in total. The number of hydrogen-bond donors (Lipinski definition) is 3. The molecule has 3 rings (SSSR count). The minimum Gasteiger partial charge on any atom is -0.364 e. The second-order valence-electron chi connectivity index (χ2n) is 6.55. The lowest BCUT2D eigenvalue weighted by molar-refractivity contribution is -0.139. The van der Waals surface area contributed by atoms with Gasteiger partial charge in [-0.05, 0) is 44.9 Å². The second kappa shape index (κ2) is 6.27. The zero-order valence-electron chi connectivity index (χ0n) is 14.0. The number of hydrazine groups is 1. The van der Waals surface area contributed by atoms with Gasteiger partial charge in [-0.2, -0.15) is 5.01 Å². The monoisotopic (exact) mass is 333 g/mol. The number of nitrogens with one attached hydrogen (secondary N) is 3. The summed E-state index contributed by atoms with van der Waals surface area (Å²) in [5.74, 6) is -0.789. The third kappa shape index (κ3) is 2.89. The fourth-order valence-corrected chi connectivity index (χ4v) is 3.29. The molecule has 8 heteroatoms. The normalized spacial score (nSPS) is 27.6. The van der Waals surface area contributed by atoms with Gasteiger partial charge in [0, 0.05) is 11.9 Å². The van der Waals surface area contributed by atoms with Gasteiger partial charge in [-0.1, -0.05) is 6.92 Å². The third-order valence-corrected chi connectivity index (χ3v) is 4.90. The summed E-state index contributed by atoms with van der Waals surface area (Å²) in [6.07, 6.45) is 4.31. The third-order valence-electron chi connectivity index (χ3n) is 4.90. The quantitative estimate of drug-likeness (QED) is 0.698. The van der Waals surface area contributed by atoms with E-state index in [1.165, 1.54) is 0 Å². The van der Waals surface area contributed by atoms with Crippen LogP contribution in [0.3, 0.4) is 0 Å². The van der Waals surface area contributed by atoms with Crippen LogP contribution >= 0.6 is 0 Å². The van der Waals surface area contributed by atoms with Crippen molar-refractivity contribution in [2.75, 3.05) is 13.1 Å². The largest absolute Gasteiger partial charge is 0.364 e. The minimum atomic E-state index is -0.954. The fourth-order valence-electron chi connectivity index (χ4n) is 3.29. The smallest absolute Gasteiger partial charge is 0.344 e. The first-order valence-corrected chi connectivity index (χ1v) is 8.28. The Morgan fingerprint density at radius 2 is 2.25 bits per heavy atom. The molecule has 130 valence electrons. The van der Waals surface area contributed by atoms with Gasteiger partial charge in [0.1, 0.15) is 5.54 Å². The van der Waals surface area contributed by atoms with Crippen LogP contribution < -0.4 is 10.7 Å². The van der Waals surface area contributed by atoms with E-state index < -0.39 is 17.5 Å². The van der Waals surface area contributed by atoms with Crippen LogP contribution in [0.15, 0.2) is 18.3 Å². The molecule has 2 saturated heterocycles. The first kappa shape index (κ1) is 16.5. The van der Waals surface area contributed by atoms with E-state index in [0.29, 0.717) is 6.42 Å². The van der Waals surface area contributed by atoms with E-state index in [4.69, 9.17) is 0 Å². The van der Waals surface area contributed by atoms with E-state index in [2.05, 4.69) is 20.6 Å². The van der Waals surface area contributed by atoms with Crippen molar-refractivity contribution in [2.24, 2.45) is 0 Å². The SMILES string of the molecule is CC[C@]1(C)NC(=O)N(NC(=O)CN2CCC[C@@H]2c2ccc[nH]2)C1=O. The summed E-state index contributed by atoms with van der Waals surface area (Å²) in [5.41, 5.74) is 2.57. The van der Waals surface area contributed by atoms with Gasteiger partial charge in [0.25, 0.3) is 11.8 Å². The first-order chi connectivity index (χ1) is 11.4. The number of nitrogens with zero attached hydrogens (tertiary/aromatic N) is 2. The molecule has 0 unspecified atom stereocenters. The Kier molecular flexibility index (Phi) is 4.31. The molecule has 2 aliphatic rings. The number of H-pyrrole nitrogens is 1. The van der Waals surface area contributed by atoms with E-state index >= 15 is 0 Å². The molecule has 0 saturated carbocycles. The van der Waals surface area contributed by atoms with Gasteiger partial charge >= 0.3 is 6.03 Å². The molecule has 0 radical (unpaired) electrons. The molecule has 2 fully saturated rings. The number of imide groups is 1. The van der Waals surface area contributed by atoms with Gasteiger partial charge in [0.2, 0.25) is 0 Å². The summed E-state index contributed by atoms with van der Waals surface area (Å²) in [5, 5.41) is 3.41. The Hall–Kier alpha value is -2.35. The lowest BCUT2D eigenvalue weighted by atomic mass is 10.00. The number of amides is 4. The molecule has 0 spiro atoms. The molecule has 4 amide bonds. The molecule has 1 aromatic heterocycles. The van der Waals surface area contributed by atoms with Crippen LogP contribution in [-0.2, 0) is 9.59 Å². The highest BCUT2D eigenvalue weighted by Gasteiger charge is 2.47. The number of aromatic amines is 1. The van der Waals surface area contributed by atoms with Crippen molar-refractivity contribution >= 4 is 17.8 Å². The van der Waals surface area contributed by atoms with Crippen LogP contribution in [0, 0.1) is 0 Å². The number of carbonyl (C=O) groups is 3. The molecule has 0 aromatic carbocycles. The Balaban J connectivity index is 1.62. The van der Waals surface area contributed by atoms with Gasteiger partial charge in [-0.3, -0.25) is 19.9 Å². The molecule has 0 bridgehead atoms. The standard InChI is InChI=1S/C16H23N5O3/c1-3-16(2)14(23)21(15(24)18-16)19-13(22)10-20-9-5-7-12(20)11-6-4-8-17-11/h4,6,8,12,17H,3,5,7,9-10H2,1-2H3,(H,18,24)(H,19,22)/t12-,16+/m1/s1. The van der Waals surface area contributed by atoms with Gasteiger partial charge in [0.05, 0.1) is 12.6 Å². The highest BCUT2D eigenvalue weighted by molar-refractivity contribution is 6.07. The average Bonchev–Trinajstić information content (AvgIpc) is 3.25. The maximum Gasteiger partial charge on any atom is 0.344 e. The van der Waals surface area contributed by atoms with Gasteiger partial charge in [-0.25, -0.2) is 4.79 Å². The zero-order valence-corrected chi connectivity index (χ0v) is 14.0. The number of rotatable bonds is 5. The lowest BCUT2D eigenvalue weighted by Gasteiger charge is -2.24. The zero-order chi connectivity index (χ0) is 17.3. The molecule has 8 nitrogen and oxygen atoms in total. The summed E-state index contributed by atoms with van der Waals surface area (Å²) in [4.78, 5) is 41.8. The molecular formula is C16H23N5O3. The van der Waals surface area contributed by atoms with Crippen molar-refractivity contribution in [3.63, 3.8) is 0 Å². The Labute approximate surface area is 140 Å². The molecule has 0 aliphatic carbocycles. The van der Waals surface area contributed by atoms with Crippen LogP contribution in [0.25, 0.3) is 0 Å². The van der Waals surface area contributed by atoms with E-state index in [1.54, 1.807) is 6.92 Å². The van der Waals surface area contributed by atoms with Gasteiger partial charge in [0.15, 0.2) is 0 Å². The van der Waals surface area contributed by atoms with Crippen molar-refractivity contribution in [1.82, 2.24) is 25.6 Å². The molecule has 3 heterocycles. The number of likely N-dealkylation sites (tertiary alicyclic amines) is 1. The van der Waals surface area contributed by atoms with Gasteiger partial charge < -0.3 is 10.3 Å². The summed E-state index contributed by atoms with van der Waals surface area (Å²) in [7, 11) is 0. The molecule has 2 aliphatic heterocycles. The van der Waals surface area contributed by atoms with Crippen molar-refractivity contribution in [3.8, 4) is 0 Å². The van der Waals surface area contributed by atoms with Crippen LogP contribution in [0.5, 0.6) is 0 Å². The van der Waals surface area contributed by atoms with E-state index in [0.717, 1.165) is 30.1 Å². The topological polar surface area (TPSA) is 97.5 Å². The number of aromatic nitrogens is 1. The Morgan fingerprint density at radius 3 is 2.88 bits per heavy atom. The minimum absolute atomic E-state index is 0.142. The van der Waals surface area contributed by atoms with Crippen molar-refractivity contribution in [1.29, 1.82) is 0 Å². The Morgan fingerprint density at radius 1 is 1.46 bits per heavy atom. The second-order valence-corrected chi connectivity index (χ2v) is 6.55. The molecule has 1 aromatic rings. The maximum atomic E-state index is 12.3. The maximum absolute atomic E-state index is 12.3. The number of hydrogen-bond acceptors (Lipinski definition) is 4. The summed E-state index contributed by atoms with van der Waals surface area (Å²) in [6, 6.07) is 3.52. The van der Waals surface area contributed by atoms with Gasteiger partial charge in [-0.15, -0.1) is 0 Å². The van der Waals surface area contributed by atoms with E-state index in [-0.39, 0.29) is 18.5 Å². The summed E-state index contributed by atoms with van der Waals surface area (Å²) >= 11 is 0. The molecule has 2 atom stereocenters. The van der Waals surface area contributed by atoms with Crippen LogP contribution in [0.4, 0.5) is 4.79 Å². The van der Waals surface area contributed by atoms with Crippen LogP contribution in [0.1, 0.15) is 44.8 Å². The fraction of sp³-hybridized carbons (Fsp3) is 0.562. The predicted molar refractivity (Wildman–Crippen MR) is 86.6 cm³/mol. The van der Waals surface area contributed by atoms with Crippen LogP contribution in [0.2, 0.25) is 0 Å². The summed E-state index contributed by atoms with van der Waals surface area (Å²) < 4.78 is 0. The van der Waals surface area contributed by atoms with Crippen LogP contribution in [-0.4, -0.2) is 51.4 Å². The Bertz CT molecular complexity index is 644. The van der Waals surface area contributed by atoms with E-state index in [9.17, 15) is 14.4 Å². The van der Waals surface area contributed by atoms with Crippen molar-refractivity contribution < 1.29 is 14.4 Å². The average molecular weight is 333 g/mol. The molecular weight excluding hydrogens is 310 g/mol. The van der Waals surface area contributed by atoms with E-state index in [1.807, 2.05) is 25.3 Å². The highest BCUT2D eigenvalue weighted by Crippen LogP contribution is 2.30. The number of urea groups is 1. The molecule has 24 heavy (non-hydrogen) atoms. The number of carbonyl (C=O) groups excluding carboxylic acids is 3. The predicted octanol–water partition coefficient (Wildman–Crippen LogP) is 0.903. The van der Waals surface area contributed by atoms with Crippen molar-refractivity contribution in [3.05, 3.63) is 24.0 Å². The first-order valence-electron chi connectivity index (χ1n) is 8.28.